The molecular weight excluding hydrogens is 231 g/mol. The van der Waals surface area contributed by atoms with Crippen LogP contribution in [-0.4, -0.2) is 13.4 Å². The van der Waals surface area contributed by atoms with Crippen LogP contribution < -0.4 is 4.74 Å². The molecule has 0 aliphatic heterocycles. The molecule has 0 amide bonds. The second kappa shape index (κ2) is 10.8. The van der Waals surface area contributed by atoms with Crippen LogP contribution in [0.2, 0.25) is 0 Å². The normalized spacial score (nSPS) is 9.33. The van der Waals surface area contributed by atoms with Crippen LogP contribution in [-0.2, 0) is 17.9 Å². The minimum Gasteiger partial charge on any atom is -0.496 e. The SMILES string of the molecule is CCC=O.CCCCc1cc(CF)ccc1OC. The monoisotopic (exact) mass is 254 g/mol. The molecule has 1 aromatic rings. The summed E-state index contributed by atoms with van der Waals surface area (Å²) in [6.07, 6.45) is 4.74. The molecule has 1 aromatic carbocycles. The minimum absolute atomic E-state index is 0.400. The van der Waals surface area contributed by atoms with Crippen molar-refractivity contribution in [2.75, 3.05) is 7.11 Å². The summed E-state index contributed by atoms with van der Waals surface area (Å²) in [5.41, 5.74) is 1.85. The maximum absolute atomic E-state index is 12.4. The highest BCUT2D eigenvalue weighted by Gasteiger charge is 2.03. The van der Waals surface area contributed by atoms with E-state index in [9.17, 15) is 9.18 Å². The van der Waals surface area contributed by atoms with E-state index in [1.54, 1.807) is 13.2 Å². The molecule has 0 unspecified atom stereocenters. The van der Waals surface area contributed by atoms with Gasteiger partial charge in [-0.05, 0) is 36.1 Å². The van der Waals surface area contributed by atoms with E-state index >= 15 is 0 Å². The van der Waals surface area contributed by atoms with Crippen molar-refractivity contribution in [3.05, 3.63) is 29.3 Å². The Labute approximate surface area is 109 Å². The zero-order valence-electron chi connectivity index (χ0n) is 11.5. The Balaban J connectivity index is 0.000000631. The Kier molecular flexibility index (Phi) is 9.93. The molecule has 0 atom stereocenters. The van der Waals surface area contributed by atoms with Crippen LogP contribution in [0.3, 0.4) is 0 Å². The molecule has 0 spiro atoms. The first kappa shape index (κ1) is 16.6. The maximum Gasteiger partial charge on any atom is 0.122 e. The third-order valence-corrected chi connectivity index (χ3v) is 2.47. The van der Waals surface area contributed by atoms with Crippen LogP contribution in [0.5, 0.6) is 5.75 Å². The van der Waals surface area contributed by atoms with E-state index in [1.807, 2.05) is 19.1 Å². The van der Waals surface area contributed by atoms with E-state index in [4.69, 9.17) is 4.74 Å². The van der Waals surface area contributed by atoms with Crippen molar-refractivity contribution in [3.8, 4) is 5.75 Å². The van der Waals surface area contributed by atoms with Gasteiger partial charge in [0.1, 0.15) is 18.7 Å². The van der Waals surface area contributed by atoms with Crippen molar-refractivity contribution < 1.29 is 13.9 Å². The Morgan fingerprint density at radius 2 is 2.00 bits per heavy atom. The number of ether oxygens (including phenoxy) is 1. The summed E-state index contributed by atoms with van der Waals surface area (Å²) in [6, 6.07) is 5.52. The van der Waals surface area contributed by atoms with Crippen molar-refractivity contribution in [1.82, 2.24) is 0 Å². The molecule has 0 aromatic heterocycles. The zero-order chi connectivity index (χ0) is 13.8. The summed E-state index contributed by atoms with van der Waals surface area (Å²) < 4.78 is 17.6. The number of hydrogen-bond acceptors (Lipinski definition) is 2. The van der Waals surface area contributed by atoms with Gasteiger partial charge in [-0.3, -0.25) is 0 Å². The van der Waals surface area contributed by atoms with Gasteiger partial charge in [-0.1, -0.05) is 26.3 Å². The van der Waals surface area contributed by atoms with Crippen LogP contribution in [0.15, 0.2) is 18.2 Å². The van der Waals surface area contributed by atoms with E-state index in [1.165, 1.54) is 0 Å². The van der Waals surface area contributed by atoms with Gasteiger partial charge in [-0.25, -0.2) is 4.39 Å². The molecular formula is C15H23FO2. The lowest BCUT2D eigenvalue weighted by Gasteiger charge is -2.08. The first-order valence-electron chi connectivity index (χ1n) is 6.38. The third kappa shape index (κ3) is 6.38. The predicted octanol–water partition coefficient (Wildman–Crippen LogP) is 4.10. The van der Waals surface area contributed by atoms with E-state index in [0.717, 1.165) is 42.4 Å². The third-order valence-electron chi connectivity index (χ3n) is 2.47. The van der Waals surface area contributed by atoms with Gasteiger partial charge in [0, 0.05) is 6.42 Å². The fourth-order valence-corrected chi connectivity index (χ4v) is 1.48. The van der Waals surface area contributed by atoms with Crippen molar-refractivity contribution >= 4 is 6.29 Å². The van der Waals surface area contributed by atoms with Gasteiger partial charge in [0.2, 0.25) is 0 Å². The first-order chi connectivity index (χ1) is 8.73. The van der Waals surface area contributed by atoms with Crippen LogP contribution in [0.4, 0.5) is 4.39 Å². The number of alkyl halides is 1. The van der Waals surface area contributed by atoms with Crippen molar-refractivity contribution in [1.29, 1.82) is 0 Å². The van der Waals surface area contributed by atoms with Gasteiger partial charge >= 0.3 is 0 Å². The number of hydrogen-bond donors (Lipinski definition) is 0. The Hall–Kier alpha value is -1.38. The number of halogens is 1. The molecule has 3 heteroatoms. The predicted molar refractivity (Wildman–Crippen MR) is 72.8 cm³/mol. The molecule has 18 heavy (non-hydrogen) atoms. The highest BCUT2D eigenvalue weighted by molar-refractivity contribution is 5.48. The van der Waals surface area contributed by atoms with Gasteiger partial charge in [0.05, 0.1) is 7.11 Å². The molecule has 2 nitrogen and oxygen atoms in total. The van der Waals surface area contributed by atoms with Gasteiger partial charge < -0.3 is 9.53 Å². The lowest BCUT2D eigenvalue weighted by atomic mass is 10.0. The average Bonchev–Trinajstić information content (AvgIpc) is 2.44. The lowest BCUT2D eigenvalue weighted by molar-refractivity contribution is -0.107. The molecule has 1 rings (SSSR count). The standard InChI is InChI=1S/C12H17FO.C3H6O/c1-3-4-5-11-8-10(9-13)6-7-12(11)14-2;1-2-3-4/h6-8H,3-5,9H2,1-2H3;3H,2H2,1H3. The van der Waals surface area contributed by atoms with E-state index in [2.05, 4.69) is 6.92 Å². The Bertz CT molecular complexity index is 337. The molecule has 0 aliphatic rings. The van der Waals surface area contributed by atoms with Crippen LogP contribution in [0.1, 0.15) is 44.2 Å². The number of carbonyl (C=O) groups is 1. The van der Waals surface area contributed by atoms with E-state index < -0.39 is 6.67 Å². The number of aryl methyl sites for hydroxylation is 1. The molecule has 0 heterocycles. The van der Waals surface area contributed by atoms with Gasteiger partial charge in [-0.15, -0.1) is 0 Å². The van der Waals surface area contributed by atoms with Crippen molar-refractivity contribution in [2.45, 2.75) is 46.2 Å². The summed E-state index contributed by atoms with van der Waals surface area (Å²) in [6.45, 7) is 3.56. The number of aldehydes is 1. The second-order valence-electron chi connectivity index (χ2n) is 3.96. The highest BCUT2D eigenvalue weighted by atomic mass is 19.1. The fraction of sp³-hybridized carbons (Fsp3) is 0.533. The summed E-state index contributed by atoms with van der Waals surface area (Å²) in [5, 5.41) is 0. The Morgan fingerprint density at radius 3 is 2.44 bits per heavy atom. The quantitative estimate of drug-likeness (QED) is 0.714. The highest BCUT2D eigenvalue weighted by Crippen LogP contribution is 2.22. The summed E-state index contributed by atoms with van der Waals surface area (Å²) in [4.78, 5) is 9.17. The van der Waals surface area contributed by atoms with Gasteiger partial charge in [0.15, 0.2) is 0 Å². The number of carbonyl (C=O) groups excluding carboxylic acids is 1. The molecule has 0 N–H and O–H groups in total. The van der Waals surface area contributed by atoms with Crippen LogP contribution >= 0.6 is 0 Å². The van der Waals surface area contributed by atoms with E-state index in [-0.39, 0.29) is 0 Å². The van der Waals surface area contributed by atoms with Crippen molar-refractivity contribution in [3.63, 3.8) is 0 Å². The smallest absolute Gasteiger partial charge is 0.122 e. The van der Waals surface area contributed by atoms with Crippen molar-refractivity contribution in [2.24, 2.45) is 0 Å². The number of benzene rings is 1. The summed E-state index contributed by atoms with van der Waals surface area (Å²) >= 11 is 0. The fourth-order valence-electron chi connectivity index (χ4n) is 1.48. The number of rotatable bonds is 6. The zero-order valence-corrected chi connectivity index (χ0v) is 11.5. The van der Waals surface area contributed by atoms with Gasteiger partial charge in [-0.2, -0.15) is 0 Å². The van der Waals surface area contributed by atoms with E-state index in [0.29, 0.717) is 6.42 Å². The molecule has 0 saturated heterocycles. The van der Waals surface area contributed by atoms with Crippen LogP contribution in [0, 0.1) is 0 Å². The largest absolute Gasteiger partial charge is 0.496 e. The molecule has 102 valence electrons. The molecule has 0 saturated carbocycles. The Morgan fingerprint density at radius 1 is 1.33 bits per heavy atom. The number of unbranched alkanes of at least 4 members (excludes halogenated alkanes) is 1. The summed E-state index contributed by atoms with van der Waals surface area (Å²) in [7, 11) is 1.65. The second-order valence-corrected chi connectivity index (χ2v) is 3.96. The maximum atomic E-state index is 12.4. The number of methoxy groups -OCH3 is 1. The molecule has 0 fully saturated rings. The topological polar surface area (TPSA) is 26.3 Å². The minimum atomic E-state index is -0.400. The summed E-state index contributed by atoms with van der Waals surface area (Å²) in [5.74, 6) is 0.871. The average molecular weight is 254 g/mol. The van der Waals surface area contributed by atoms with Crippen LogP contribution in [0.25, 0.3) is 0 Å². The van der Waals surface area contributed by atoms with Gasteiger partial charge in [0.25, 0.3) is 0 Å². The first-order valence-corrected chi connectivity index (χ1v) is 6.38. The molecule has 0 aliphatic carbocycles. The molecule has 0 bridgehead atoms. The molecule has 0 radical (unpaired) electrons. The lowest BCUT2D eigenvalue weighted by Crippen LogP contribution is -1.94.